The summed E-state index contributed by atoms with van der Waals surface area (Å²) in [5.41, 5.74) is 7.77. The molecule has 0 radical (unpaired) electrons. The molecule has 1 aliphatic carbocycles. The lowest BCUT2D eigenvalue weighted by molar-refractivity contribution is -0.191. The van der Waals surface area contributed by atoms with E-state index in [1.165, 1.54) is 11.8 Å². The molecule has 2 aromatic carbocycles. The number of anilines is 1. The largest absolute Gasteiger partial charge is 0.373 e. The third-order valence-electron chi connectivity index (χ3n) is 5.27. The quantitative estimate of drug-likeness (QED) is 0.674. The number of amides is 2. The second kappa shape index (κ2) is 10.0. The van der Waals surface area contributed by atoms with Crippen LogP contribution in [0.2, 0.25) is 5.02 Å². The van der Waals surface area contributed by atoms with Crippen LogP contribution in [0.25, 0.3) is 0 Å². The van der Waals surface area contributed by atoms with E-state index < -0.39 is 23.9 Å². The highest BCUT2D eigenvalue weighted by Crippen LogP contribution is 2.42. The number of carbonyl (C=O) groups excluding carboxylic acids is 4. The molecule has 0 aromatic heterocycles. The average Bonchev–Trinajstić information content (AvgIpc) is 3.39. The number of hydrogen-bond donors (Lipinski definition) is 2. The lowest BCUT2D eigenvalue weighted by atomic mass is 10.1. The second-order valence-electron chi connectivity index (χ2n) is 7.66. The van der Waals surface area contributed by atoms with Crippen molar-refractivity contribution in [3.8, 4) is 0 Å². The van der Waals surface area contributed by atoms with Gasteiger partial charge in [0.25, 0.3) is 11.8 Å². The van der Waals surface area contributed by atoms with Gasteiger partial charge in [-0.2, -0.15) is 9.59 Å². The molecule has 3 atom stereocenters. The van der Waals surface area contributed by atoms with Crippen LogP contribution in [0, 0.1) is 0 Å². The molecule has 1 saturated carbocycles. The molecule has 0 bridgehead atoms. The second-order valence-corrected chi connectivity index (χ2v) is 9.51. The number of nitrogens with zero attached hydrogens (tertiary/aromatic N) is 1. The van der Waals surface area contributed by atoms with Crippen LogP contribution in [-0.4, -0.2) is 41.2 Å². The minimum Gasteiger partial charge on any atom is -0.343 e. The van der Waals surface area contributed by atoms with Crippen molar-refractivity contribution < 1.29 is 28.0 Å². The molecule has 33 heavy (non-hydrogen) atoms. The summed E-state index contributed by atoms with van der Waals surface area (Å²) < 4.78 is 26.4. The van der Waals surface area contributed by atoms with E-state index in [4.69, 9.17) is 26.9 Å². The molecule has 1 aliphatic heterocycles. The molecule has 2 amide bonds. The summed E-state index contributed by atoms with van der Waals surface area (Å²) in [6, 6.07) is 10.1. The molecule has 7 nitrogen and oxygen atoms in total. The molecule has 2 aromatic rings. The smallest absolute Gasteiger partial charge is 0.343 e. The van der Waals surface area contributed by atoms with E-state index in [2.05, 4.69) is 5.32 Å². The Labute approximate surface area is 197 Å². The molecule has 11 heteroatoms. The van der Waals surface area contributed by atoms with Gasteiger partial charge < -0.3 is 16.0 Å². The molecular weight excluding hydrogens is 476 g/mol. The number of fused-ring (bicyclic) bond motifs is 1. The van der Waals surface area contributed by atoms with Gasteiger partial charge >= 0.3 is 6.15 Å². The predicted molar refractivity (Wildman–Crippen MR) is 118 cm³/mol. The van der Waals surface area contributed by atoms with Gasteiger partial charge in [0.1, 0.15) is 0 Å². The Morgan fingerprint density at radius 2 is 1.88 bits per heavy atom. The highest BCUT2D eigenvalue weighted by Gasteiger charge is 2.57. The Morgan fingerprint density at radius 1 is 1.27 bits per heavy atom. The lowest BCUT2D eigenvalue weighted by Gasteiger charge is -2.25. The summed E-state index contributed by atoms with van der Waals surface area (Å²) in [5, 5.41) is 2.76. The summed E-state index contributed by atoms with van der Waals surface area (Å²) in [4.78, 5) is 44.2. The number of nitrogens with one attached hydrogen (secondary N) is 1. The van der Waals surface area contributed by atoms with Crippen molar-refractivity contribution in [1.29, 1.82) is 0 Å². The van der Waals surface area contributed by atoms with Gasteiger partial charge in [0.15, 0.2) is 0 Å². The van der Waals surface area contributed by atoms with Crippen LogP contribution in [0.15, 0.2) is 47.4 Å². The summed E-state index contributed by atoms with van der Waals surface area (Å²) in [6.45, 7) is 2.12. The molecule has 2 aliphatic rings. The van der Waals surface area contributed by atoms with Crippen LogP contribution >= 0.6 is 23.4 Å². The van der Waals surface area contributed by atoms with Crippen LogP contribution in [0.1, 0.15) is 29.3 Å². The fraction of sp³-hybridized carbons (Fsp3) is 0.318. The molecule has 174 valence electrons. The third-order valence-corrected chi connectivity index (χ3v) is 6.78. The molecule has 0 saturated heterocycles. The summed E-state index contributed by atoms with van der Waals surface area (Å²) in [7, 11) is 0. The fourth-order valence-electron chi connectivity index (χ4n) is 3.29. The van der Waals surface area contributed by atoms with Crippen molar-refractivity contribution in [2.45, 2.75) is 48.0 Å². The van der Waals surface area contributed by atoms with Crippen LogP contribution in [0.5, 0.6) is 0 Å². The van der Waals surface area contributed by atoms with Gasteiger partial charge in [-0.3, -0.25) is 9.59 Å². The molecular formula is C22H20ClF2N3O4S. The van der Waals surface area contributed by atoms with Gasteiger partial charge in [-0.05, 0) is 35.9 Å². The number of thioether (sulfide) groups is 1. The zero-order chi connectivity index (χ0) is 24.3. The van der Waals surface area contributed by atoms with Gasteiger partial charge in [0.2, 0.25) is 5.91 Å². The van der Waals surface area contributed by atoms with Crippen molar-refractivity contribution >= 4 is 47.0 Å². The van der Waals surface area contributed by atoms with Crippen molar-refractivity contribution in [3.05, 3.63) is 58.6 Å². The number of rotatable bonds is 4. The fourth-order valence-corrected chi connectivity index (χ4v) is 4.52. The van der Waals surface area contributed by atoms with E-state index >= 15 is 0 Å². The van der Waals surface area contributed by atoms with E-state index in [1.807, 2.05) is 19.1 Å². The van der Waals surface area contributed by atoms with E-state index in [0.717, 1.165) is 10.5 Å². The number of hydrogen-bond acceptors (Lipinski definition) is 6. The predicted octanol–water partition coefficient (Wildman–Crippen LogP) is 3.25. The first-order chi connectivity index (χ1) is 15.6. The van der Waals surface area contributed by atoms with Crippen LogP contribution in [0.4, 0.5) is 14.5 Å². The first-order valence-corrected chi connectivity index (χ1v) is 11.1. The Balaban J connectivity index is 0.000000968. The highest BCUT2D eigenvalue weighted by atomic mass is 35.5. The van der Waals surface area contributed by atoms with Crippen molar-refractivity contribution in [2.24, 2.45) is 5.73 Å². The van der Waals surface area contributed by atoms with Gasteiger partial charge in [-0.25, -0.2) is 8.78 Å². The molecule has 1 fully saturated rings. The number of benzene rings is 2. The van der Waals surface area contributed by atoms with Gasteiger partial charge in [-0.15, -0.1) is 11.8 Å². The van der Waals surface area contributed by atoms with Crippen molar-refractivity contribution in [3.63, 3.8) is 0 Å². The molecule has 3 N–H and O–H groups in total. The maximum absolute atomic E-state index is 13.2. The van der Waals surface area contributed by atoms with E-state index in [0.29, 0.717) is 10.7 Å². The number of nitrogens with two attached hydrogens (primary N) is 1. The topological polar surface area (TPSA) is 110 Å². The van der Waals surface area contributed by atoms with Crippen molar-refractivity contribution in [1.82, 2.24) is 5.32 Å². The zero-order valence-corrected chi connectivity index (χ0v) is 19.0. The Kier molecular flexibility index (Phi) is 7.54. The van der Waals surface area contributed by atoms with Crippen LogP contribution < -0.4 is 16.0 Å². The van der Waals surface area contributed by atoms with Crippen LogP contribution in [0.3, 0.4) is 0 Å². The Bertz CT molecular complexity index is 1090. The van der Waals surface area contributed by atoms with E-state index in [1.54, 1.807) is 35.2 Å². The lowest BCUT2D eigenvalue weighted by Crippen LogP contribution is -2.47. The Hall–Kier alpha value is -2.78. The average molecular weight is 496 g/mol. The normalized spacial score (nSPS) is 22.8. The van der Waals surface area contributed by atoms with E-state index in [9.17, 15) is 18.4 Å². The molecule has 1 heterocycles. The first kappa shape index (κ1) is 24.9. The summed E-state index contributed by atoms with van der Waals surface area (Å²) in [5.74, 6) is -3.71. The summed E-state index contributed by atoms with van der Waals surface area (Å²) in [6.07, 6.45) is -0.104. The van der Waals surface area contributed by atoms with Gasteiger partial charge in [-0.1, -0.05) is 30.7 Å². The van der Waals surface area contributed by atoms with Gasteiger partial charge in [0, 0.05) is 27.2 Å². The standard InChI is InChI=1S/C21H20ClF2N3O2S.CO2/c1-11-18(25)20(29)27(10-12-2-5-14(22)6-3-12)15-8-13(4-7-16(15)30-11)19(28)26-17-9-21(17,23)24;2-1-3/h2-8,11,17-18H,9-10,25H2,1H3,(H,26,28);/t11-,17?,18+;/m1./s1. The van der Waals surface area contributed by atoms with Crippen LogP contribution in [-0.2, 0) is 20.9 Å². The molecule has 1 unspecified atom stereocenters. The number of halogens is 3. The van der Waals surface area contributed by atoms with Gasteiger partial charge in [0.05, 0.1) is 24.3 Å². The van der Waals surface area contributed by atoms with Crippen molar-refractivity contribution in [2.75, 3.05) is 4.90 Å². The number of alkyl halides is 2. The first-order valence-electron chi connectivity index (χ1n) is 9.87. The minimum absolute atomic E-state index is 0.170. The third kappa shape index (κ3) is 5.78. The number of carbonyl (C=O) groups is 2. The molecule has 0 spiro atoms. The maximum Gasteiger partial charge on any atom is 0.373 e. The zero-order valence-electron chi connectivity index (χ0n) is 17.4. The van der Waals surface area contributed by atoms with E-state index in [-0.39, 0.29) is 35.8 Å². The minimum atomic E-state index is -2.85. The Morgan fingerprint density at radius 3 is 2.45 bits per heavy atom. The maximum atomic E-state index is 13.2. The summed E-state index contributed by atoms with van der Waals surface area (Å²) >= 11 is 7.40. The molecule has 4 rings (SSSR count). The highest BCUT2D eigenvalue weighted by molar-refractivity contribution is 8.00. The SMILES string of the molecule is C[C@H]1Sc2ccc(C(=O)NC3CC3(F)F)cc2N(Cc2ccc(Cl)cc2)C(=O)[C@H]1N.O=C=O. The monoisotopic (exact) mass is 495 g/mol.